The summed E-state index contributed by atoms with van der Waals surface area (Å²) in [6, 6.07) is 4.22. The van der Waals surface area contributed by atoms with Gasteiger partial charge < -0.3 is 15.4 Å². The molecule has 0 atom stereocenters. The van der Waals surface area contributed by atoms with Crippen LogP contribution in [0, 0.1) is 5.82 Å². The second-order valence-electron chi connectivity index (χ2n) is 3.31. The summed E-state index contributed by atoms with van der Waals surface area (Å²) in [7, 11) is 1.57. The van der Waals surface area contributed by atoms with Gasteiger partial charge in [0.05, 0.1) is 23.9 Å². The molecule has 0 aliphatic heterocycles. The lowest BCUT2D eigenvalue weighted by Crippen LogP contribution is -2.30. The van der Waals surface area contributed by atoms with Crippen molar-refractivity contribution in [2.24, 2.45) is 0 Å². The topological polar surface area (TPSA) is 50.4 Å². The number of carbonyl (C=O) groups is 1. The number of methoxy groups -OCH3 is 1. The van der Waals surface area contributed by atoms with E-state index in [-0.39, 0.29) is 23.2 Å². The van der Waals surface area contributed by atoms with Gasteiger partial charge in [-0.1, -0.05) is 17.7 Å². The van der Waals surface area contributed by atoms with E-state index in [1.165, 1.54) is 18.2 Å². The Morgan fingerprint density at radius 1 is 1.53 bits per heavy atom. The maximum Gasteiger partial charge on any atom is 0.238 e. The predicted octanol–water partition coefficient (Wildman–Crippen LogP) is 1.65. The van der Waals surface area contributed by atoms with Gasteiger partial charge in [-0.2, -0.15) is 0 Å². The highest BCUT2D eigenvalue weighted by molar-refractivity contribution is 6.33. The lowest BCUT2D eigenvalue weighted by Gasteiger charge is -2.08. The number of benzene rings is 1. The van der Waals surface area contributed by atoms with Crippen LogP contribution in [0.25, 0.3) is 0 Å². The smallest absolute Gasteiger partial charge is 0.238 e. The number of ether oxygens (including phenoxy) is 1. The molecule has 0 unspecified atom stereocenters. The van der Waals surface area contributed by atoms with Crippen molar-refractivity contribution in [2.45, 2.75) is 0 Å². The van der Waals surface area contributed by atoms with Gasteiger partial charge in [-0.3, -0.25) is 4.79 Å². The highest BCUT2D eigenvalue weighted by Gasteiger charge is 2.09. The Bertz CT molecular complexity index is 367. The first-order valence-corrected chi connectivity index (χ1v) is 5.46. The third kappa shape index (κ3) is 4.68. The molecule has 0 spiro atoms. The predicted molar refractivity (Wildman–Crippen MR) is 64.8 cm³/mol. The third-order valence-electron chi connectivity index (χ3n) is 2.00. The number of amides is 1. The summed E-state index contributed by atoms with van der Waals surface area (Å²) in [4.78, 5) is 11.4. The van der Waals surface area contributed by atoms with Crippen LogP contribution in [0.4, 0.5) is 10.1 Å². The van der Waals surface area contributed by atoms with Crippen LogP contribution < -0.4 is 10.6 Å². The molecular weight excluding hydrogens is 247 g/mol. The summed E-state index contributed by atoms with van der Waals surface area (Å²) in [5.74, 6) is -0.907. The first-order chi connectivity index (χ1) is 8.15. The standard InChI is InChI=1S/C11H14ClFN2O2/c1-17-6-5-14-7-10(16)15-11-8(12)3-2-4-9(11)13/h2-4,14H,5-7H2,1H3,(H,15,16). The van der Waals surface area contributed by atoms with Gasteiger partial charge in [-0.15, -0.1) is 0 Å². The van der Waals surface area contributed by atoms with E-state index in [2.05, 4.69) is 10.6 Å². The quantitative estimate of drug-likeness (QED) is 0.765. The minimum atomic E-state index is -0.553. The molecule has 6 heteroatoms. The normalized spacial score (nSPS) is 10.3. The summed E-state index contributed by atoms with van der Waals surface area (Å²) in [6.45, 7) is 1.14. The van der Waals surface area contributed by atoms with Gasteiger partial charge in [-0.05, 0) is 12.1 Å². The highest BCUT2D eigenvalue weighted by Crippen LogP contribution is 2.24. The minimum absolute atomic E-state index is 0.00714. The molecular formula is C11H14ClFN2O2. The van der Waals surface area contributed by atoms with Gasteiger partial charge in [0.1, 0.15) is 5.82 Å². The van der Waals surface area contributed by atoms with E-state index >= 15 is 0 Å². The summed E-state index contributed by atoms with van der Waals surface area (Å²) in [6.07, 6.45) is 0. The lowest BCUT2D eigenvalue weighted by molar-refractivity contribution is -0.115. The van der Waals surface area contributed by atoms with Crippen LogP contribution >= 0.6 is 11.6 Å². The monoisotopic (exact) mass is 260 g/mol. The zero-order valence-electron chi connectivity index (χ0n) is 9.43. The van der Waals surface area contributed by atoms with Crippen molar-refractivity contribution >= 4 is 23.2 Å². The molecule has 0 radical (unpaired) electrons. The van der Waals surface area contributed by atoms with Crippen molar-refractivity contribution in [2.75, 3.05) is 32.1 Å². The van der Waals surface area contributed by atoms with Crippen molar-refractivity contribution in [1.82, 2.24) is 5.32 Å². The molecule has 94 valence electrons. The zero-order chi connectivity index (χ0) is 12.7. The number of hydrogen-bond acceptors (Lipinski definition) is 3. The van der Waals surface area contributed by atoms with Crippen LogP contribution in [0.3, 0.4) is 0 Å². The van der Waals surface area contributed by atoms with Crippen molar-refractivity contribution in [3.05, 3.63) is 29.0 Å². The van der Waals surface area contributed by atoms with Crippen LogP contribution in [0.15, 0.2) is 18.2 Å². The Balaban J connectivity index is 2.45. The fraction of sp³-hybridized carbons (Fsp3) is 0.364. The van der Waals surface area contributed by atoms with Gasteiger partial charge in [0, 0.05) is 13.7 Å². The van der Waals surface area contributed by atoms with Crippen molar-refractivity contribution in [1.29, 1.82) is 0 Å². The van der Waals surface area contributed by atoms with Crippen LogP contribution in [0.2, 0.25) is 5.02 Å². The molecule has 4 nitrogen and oxygen atoms in total. The van der Waals surface area contributed by atoms with Gasteiger partial charge >= 0.3 is 0 Å². The second-order valence-corrected chi connectivity index (χ2v) is 3.72. The fourth-order valence-corrected chi connectivity index (χ4v) is 1.39. The summed E-state index contributed by atoms with van der Waals surface area (Å²) >= 11 is 5.76. The van der Waals surface area contributed by atoms with Crippen LogP contribution in [-0.4, -0.2) is 32.7 Å². The number of anilines is 1. The molecule has 0 fully saturated rings. The van der Waals surface area contributed by atoms with E-state index in [4.69, 9.17) is 16.3 Å². The molecule has 2 N–H and O–H groups in total. The highest BCUT2D eigenvalue weighted by atomic mass is 35.5. The van der Waals surface area contributed by atoms with Gasteiger partial charge in [0.25, 0.3) is 0 Å². The Hall–Kier alpha value is -1.17. The summed E-state index contributed by atoms with van der Waals surface area (Å²) < 4.78 is 18.1. The Morgan fingerprint density at radius 3 is 2.94 bits per heavy atom. The van der Waals surface area contributed by atoms with E-state index < -0.39 is 5.82 Å². The second kappa shape index (κ2) is 7.21. The lowest BCUT2D eigenvalue weighted by atomic mass is 10.3. The van der Waals surface area contributed by atoms with Crippen molar-refractivity contribution < 1.29 is 13.9 Å². The zero-order valence-corrected chi connectivity index (χ0v) is 10.2. The van der Waals surface area contributed by atoms with E-state index in [9.17, 15) is 9.18 Å². The van der Waals surface area contributed by atoms with E-state index in [0.717, 1.165) is 0 Å². The number of para-hydroxylation sites is 1. The number of rotatable bonds is 6. The minimum Gasteiger partial charge on any atom is -0.383 e. The molecule has 1 rings (SSSR count). The van der Waals surface area contributed by atoms with Crippen LogP contribution in [0.1, 0.15) is 0 Å². The van der Waals surface area contributed by atoms with E-state index in [1.54, 1.807) is 7.11 Å². The van der Waals surface area contributed by atoms with Gasteiger partial charge in [0.15, 0.2) is 0 Å². The van der Waals surface area contributed by atoms with Gasteiger partial charge in [0.2, 0.25) is 5.91 Å². The number of carbonyl (C=O) groups excluding carboxylic acids is 1. The van der Waals surface area contributed by atoms with Gasteiger partial charge in [-0.25, -0.2) is 4.39 Å². The average molecular weight is 261 g/mol. The van der Waals surface area contributed by atoms with Crippen LogP contribution in [0.5, 0.6) is 0 Å². The van der Waals surface area contributed by atoms with Crippen LogP contribution in [-0.2, 0) is 9.53 Å². The Labute approximate surface area is 104 Å². The molecule has 1 aromatic rings. The van der Waals surface area contributed by atoms with E-state index in [1.807, 2.05) is 0 Å². The molecule has 0 heterocycles. The number of nitrogens with one attached hydrogen (secondary N) is 2. The van der Waals surface area contributed by atoms with E-state index in [0.29, 0.717) is 13.2 Å². The molecule has 0 saturated heterocycles. The summed E-state index contributed by atoms with van der Waals surface area (Å²) in [5.41, 5.74) is 0.00714. The molecule has 0 aliphatic rings. The molecule has 1 aromatic carbocycles. The Kier molecular flexibility index (Phi) is 5.90. The number of hydrogen-bond donors (Lipinski definition) is 2. The number of halogens is 2. The average Bonchev–Trinajstić information content (AvgIpc) is 2.30. The Morgan fingerprint density at radius 2 is 2.29 bits per heavy atom. The van der Waals surface area contributed by atoms with Crippen molar-refractivity contribution in [3.63, 3.8) is 0 Å². The first-order valence-electron chi connectivity index (χ1n) is 5.08. The largest absolute Gasteiger partial charge is 0.383 e. The molecule has 0 saturated carbocycles. The maximum atomic E-state index is 13.3. The third-order valence-corrected chi connectivity index (χ3v) is 2.31. The molecule has 1 amide bonds. The molecule has 0 aromatic heterocycles. The molecule has 17 heavy (non-hydrogen) atoms. The molecule has 0 aliphatic carbocycles. The SMILES string of the molecule is COCCNCC(=O)Nc1c(F)cccc1Cl. The fourth-order valence-electron chi connectivity index (χ4n) is 1.18. The molecule has 0 bridgehead atoms. The maximum absolute atomic E-state index is 13.3. The first kappa shape index (κ1) is 13.9. The van der Waals surface area contributed by atoms with Crippen molar-refractivity contribution in [3.8, 4) is 0 Å². The summed E-state index contributed by atoms with van der Waals surface area (Å²) in [5, 5.41) is 5.43.